The van der Waals surface area contributed by atoms with Gasteiger partial charge in [-0.15, -0.1) is 0 Å². The minimum Gasteiger partial charge on any atom is -0.394 e. The van der Waals surface area contributed by atoms with Gasteiger partial charge in [-0.25, -0.2) is 19.6 Å². The summed E-state index contributed by atoms with van der Waals surface area (Å²) in [7, 11) is -2.42. The predicted molar refractivity (Wildman–Crippen MR) is 64.6 cm³/mol. The Balaban J connectivity index is 4.56. The molecule has 0 saturated carbocycles. The summed E-state index contributed by atoms with van der Waals surface area (Å²) in [5.74, 6) is 0. The second-order valence-corrected chi connectivity index (χ2v) is 6.62. The average Bonchev–Trinajstić information content (AvgIpc) is 2.30. The normalized spacial score (nSPS) is 10.5. The van der Waals surface area contributed by atoms with Crippen molar-refractivity contribution in [1.82, 2.24) is 0 Å². The van der Waals surface area contributed by atoms with Crippen LogP contribution in [0.5, 0.6) is 0 Å². The summed E-state index contributed by atoms with van der Waals surface area (Å²) in [6, 6.07) is 1.14. The first kappa shape index (κ1) is 15.9. The molecule has 0 N–H and O–H groups in total. The molecule has 0 fully saturated rings. The van der Waals surface area contributed by atoms with Gasteiger partial charge in [0.25, 0.3) is 0 Å². The van der Waals surface area contributed by atoms with Gasteiger partial charge in [-0.05, 0) is 13.8 Å². The van der Waals surface area contributed by atoms with Crippen molar-refractivity contribution < 1.29 is 18.4 Å². The highest BCUT2D eigenvalue weighted by Gasteiger charge is 2.36. The average molecular weight is 258 g/mol. The maximum Gasteiger partial charge on any atom is 0.341 e. The third kappa shape index (κ3) is 6.94. The SMILES string of the molecule is CCO[Si](CCN=C=O)(CCN=C=O)OCC. The van der Waals surface area contributed by atoms with Crippen molar-refractivity contribution in [2.24, 2.45) is 9.98 Å². The molecule has 0 radical (unpaired) electrons. The zero-order valence-electron chi connectivity index (χ0n) is 10.3. The van der Waals surface area contributed by atoms with E-state index in [1.54, 1.807) is 0 Å². The summed E-state index contributed by atoms with van der Waals surface area (Å²) in [4.78, 5) is 27.1. The topological polar surface area (TPSA) is 77.3 Å². The highest BCUT2D eigenvalue weighted by molar-refractivity contribution is 6.67. The lowest BCUT2D eigenvalue weighted by molar-refractivity contribution is 0.183. The number of hydrogen-bond acceptors (Lipinski definition) is 6. The van der Waals surface area contributed by atoms with E-state index in [2.05, 4.69) is 9.98 Å². The van der Waals surface area contributed by atoms with Gasteiger partial charge in [0, 0.05) is 25.3 Å². The van der Waals surface area contributed by atoms with Crippen molar-refractivity contribution in [1.29, 1.82) is 0 Å². The van der Waals surface area contributed by atoms with Crippen LogP contribution in [0.3, 0.4) is 0 Å². The lowest BCUT2D eigenvalue weighted by Gasteiger charge is -2.28. The van der Waals surface area contributed by atoms with Crippen LogP contribution in [0.2, 0.25) is 12.1 Å². The molecule has 0 amide bonds. The third-order valence-electron chi connectivity index (χ3n) is 2.15. The third-order valence-corrected chi connectivity index (χ3v) is 5.75. The Hall–Kier alpha value is -1.10. The summed E-state index contributed by atoms with van der Waals surface area (Å²) in [6.45, 7) is 5.49. The molecule has 0 aliphatic heterocycles. The molecule has 0 saturated heterocycles. The number of aliphatic imine (C=N–C) groups is 2. The lowest BCUT2D eigenvalue weighted by atomic mass is 10.8. The summed E-state index contributed by atoms with van der Waals surface area (Å²) in [5.41, 5.74) is 0. The molecule has 17 heavy (non-hydrogen) atoms. The highest BCUT2D eigenvalue weighted by Crippen LogP contribution is 2.19. The standard InChI is InChI=1S/C10H18N2O4Si/c1-3-15-17(16-4-2,7-5-11-9-13)8-6-12-10-14/h3-8H2,1-2H3. The van der Waals surface area contributed by atoms with Gasteiger partial charge in [0.05, 0.1) is 13.1 Å². The van der Waals surface area contributed by atoms with Crippen molar-refractivity contribution in [3.8, 4) is 0 Å². The number of carbonyl (C=O) groups excluding carboxylic acids is 2. The van der Waals surface area contributed by atoms with Crippen LogP contribution in [0, 0.1) is 0 Å². The monoisotopic (exact) mass is 258 g/mol. The van der Waals surface area contributed by atoms with Gasteiger partial charge in [0.2, 0.25) is 12.2 Å². The zero-order chi connectivity index (χ0) is 13.0. The smallest absolute Gasteiger partial charge is 0.341 e. The van der Waals surface area contributed by atoms with E-state index in [0.717, 1.165) is 0 Å². The van der Waals surface area contributed by atoms with E-state index in [1.165, 1.54) is 12.2 Å². The number of isocyanates is 2. The van der Waals surface area contributed by atoms with E-state index in [1.807, 2.05) is 13.8 Å². The maximum atomic E-state index is 10.0. The Morgan fingerprint density at radius 1 is 0.941 bits per heavy atom. The number of hydrogen-bond donors (Lipinski definition) is 0. The molecule has 0 bridgehead atoms. The summed E-state index contributed by atoms with van der Waals surface area (Å²) >= 11 is 0. The van der Waals surface area contributed by atoms with Crippen molar-refractivity contribution in [2.45, 2.75) is 25.9 Å². The van der Waals surface area contributed by atoms with Gasteiger partial charge >= 0.3 is 8.56 Å². The summed E-state index contributed by atoms with van der Waals surface area (Å²) in [5, 5.41) is 0. The molecule has 0 spiro atoms. The molecule has 0 aromatic rings. The van der Waals surface area contributed by atoms with Crippen LogP contribution in [0.15, 0.2) is 9.98 Å². The fourth-order valence-corrected chi connectivity index (χ4v) is 4.39. The van der Waals surface area contributed by atoms with Crippen molar-refractivity contribution in [3.05, 3.63) is 0 Å². The Kier molecular flexibility index (Phi) is 9.42. The molecule has 0 aromatic carbocycles. The van der Waals surface area contributed by atoms with E-state index in [-0.39, 0.29) is 0 Å². The van der Waals surface area contributed by atoms with Crippen LogP contribution in [0.1, 0.15) is 13.8 Å². The zero-order valence-corrected chi connectivity index (χ0v) is 11.3. The fraction of sp³-hybridized carbons (Fsp3) is 0.800. The highest BCUT2D eigenvalue weighted by atomic mass is 28.4. The first-order valence-electron chi connectivity index (χ1n) is 5.59. The van der Waals surface area contributed by atoms with Gasteiger partial charge in [-0.2, -0.15) is 0 Å². The quantitative estimate of drug-likeness (QED) is 0.335. The van der Waals surface area contributed by atoms with Crippen LogP contribution < -0.4 is 0 Å². The predicted octanol–water partition coefficient (Wildman–Crippen LogP) is 1.17. The van der Waals surface area contributed by atoms with Crippen LogP contribution in [-0.2, 0) is 18.4 Å². The second kappa shape index (κ2) is 10.1. The minimum absolute atomic E-state index is 0.334. The van der Waals surface area contributed by atoms with Crippen molar-refractivity contribution >= 4 is 20.7 Å². The molecule has 0 unspecified atom stereocenters. The van der Waals surface area contributed by atoms with Gasteiger partial charge < -0.3 is 8.85 Å². The van der Waals surface area contributed by atoms with Crippen LogP contribution in [0.4, 0.5) is 0 Å². The molecule has 96 valence electrons. The molecule has 6 nitrogen and oxygen atoms in total. The molecule has 0 aromatic heterocycles. The molecule has 0 aliphatic carbocycles. The van der Waals surface area contributed by atoms with Gasteiger partial charge in [0.1, 0.15) is 0 Å². The molecular formula is C10H18N2O4Si. The maximum absolute atomic E-state index is 10.0. The molecule has 0 rings (SSSR count). The van der Waals surface area contributed by atoms with Gasteiger partial charge in [0.15, 0.2) is 0 Å². The number of nitrogens with zero attached hydrogens (tertiary/aromatic N) is 2. The summed E-state index contributed by atoms with van der Waals surface area (Å²) in [6.07, 6.45) is 2.98. The van der Waals surface area contributed by atoms with Crippen molar-refractivity contribution in [2.75, 3.05) is 26.3 Å². The van der Waals surface area contributed by atoms with Crippen molar-refractivity contribution in [3.63, 3.8) is 0 Å². The first-order chi connectivity index (χ1) is 8.24. The van der Waals surface area contributed by atoms with E-state index in [9.17, 15) is 9.59 Å². The molecule has 0 aliphatic rings. The Bertz CT molecular complexity index is 269. The van der Waals surface area contributed by atoms with E-state index in [4.69, 9.17) is 8.85 Å². The molecular weight excluding hydrogens is 240 g/mol. The lowest BCUT2D eigenvalue weighted by Crippen LogP contribution is -2.43. The minimum atomic E-state index is -2.42. The van der Waals surface area contributed by atoms with Crippen LogP contribution in [0.25, 0.3) is 0 Å². The Morgan fingerprint density at radius 3 is 1.65 bits per heavy atom. The largest absolute Gasteiger partial charge is 0.394 e. The Labute approximate surface area is 102 Å². The Morgan fingerprint density at radius 2 is 1.35 bits per heavy atom. The molecule has 0 heterocycles. The first-order valence-corrected chi connectivity index (χ1v) is 7.83. The van der Waals surface area contributed by atoms with Gasteiger partial charge in [-0.1, -0.05) is 0 Å². The van der Waals surface area contributed by atoms with E-state index < -0.39 is 8.56 Å². The fourth-order valence-electron chi connectivity index (χ4n) is 1.53. The summed E-state index contributed by atoms with van der Waals surface area (Å²) < 4.78 is 11.4. The molecule has 0 atom stereocenters. The van der Waals surface area contributed by atoms with E-state index >= 15 is 0 Å². The number of rotatable bonds is 10. The second-order valence-electron chi connectivity index (χ2n) is 3.22. The van der Waals surface area contributed by atoms with Crippen LogP contribution in [-0.4, -0.2) is 47.0 Å². The van der Waals surface area contributed by atoms with Crippen LogP contribution >= 0.6 is 0 Å². The molecule has 7 heteroatoms. The van der Waals surface area contributed by atoms with E-state index in [0.29, 0.717) is 38.4 Å². The van der Waals surface area contributed by atoms with Gasteiger partial charge in [-0.3, -0.25) is 0 Å².